The van der Waals surface area contributed by atoms with Gasteiger partial charge in [0.15, 0.2) is 0 Å². The highest BCUT2D eigenvalue weighted by Crippen LogP contribution is 2.28. The number of likely N-dealkylation sites (tertiary alicyclic amines) is 1. The van der Waals surface area contributed by atoms with Crippen LogP contribution in [0.4, 0.5) is 0 Å². The van der Waals surface area contributed by atoms with Crippen LogP contribution in [0.2, 0.25) is 0 Å². The van der Waals surface area contributed by atoms with E-state index in [1.54, 1.807) is 10.3 Å². The van der Waals surface area contributed by atoms with E-state index in [1.165, 1.54) is 11.3 Å². The van der Waals surface area contributed by atoms with Gasteiger partial charge in [-0.3, -0.25) is 9.59 Å². The zero-order chi connectivity index (χ0) is 17.3. The molecule has 1 aliphatic heterocycles. The zero-order valence-corrected chi connectivity index (χ0v) is 14.5. The summed E-state index contributed by atoms with van der Waals surface area (Å²) in [6, 6.07) is 7.93. The van der Waals surface area contributed by atoms with Gasteiger partial charge in [-0.1, -0.05) is 31.2 Å². The molecule has 0 saturated carbocycles. The molecule has 126 valence electrons. The number of aliphatic carboxylic acids is 1. The number of thiazole rings is 1. The van der Waals surface area contributed by atoms with Crippen molar-refractivity contribution < 1.29 is 14.7 Å². The van der Waals surface area contributed by atoms with Gasteiger partial charge in [0, 0.05) is 24.0 Å². The molecule has 2 aromatic rings. The minimum absolute atomic E-state index is 0.177. The number of carbonyl (C=O) groups is 2. The van der Waals surface area contributed by atoms with Gasteiger partial charge in [-0.2, -0.15) is 0 Å². The highest BCUT2D eigenvalue weighted by atomic mass is 32.1. The maximum Gasteiger partial charge on any atom is 0.308 e. The van der Waals surface area contributed by atoms with E-state index in [4.69, 9.17) is 0 Å². The van der Waals surface area contributed by atoms with Crippen LogP contribution in [-0.4, -0.2) is 40.0 Å². The van der Waals surface area contributed by atoms with Gasteiger partial charge in [-0.25, -0.2) is 4.98 Å². The van der Waals surface area contributed by atoms with Gasteiger partial charge in [-0.15, -0.1) is 11.3 Å². The number of piperidine rings is 1. The largest absolute Gasteiger partial charge is 0.481 e. The third-order valence-corrected chi connectivity index (χ3v) is 5.27. The second-order valence-electron chi connectivity index (χ2n) is 6.44. The molecule has 1 aromatic heterocycles. The van der Waals surface area contributed by atoms with Gasteiger partial charge >= 0.3 is 5.97 Å². The predicted molar refractivity (Wildman–Crippen MR) is 93.1 cm³/mol. The van der Waals surface area contributed by atoms with Crippen LogP contribution in [0.5, 0.6) is 0 Å². The van der Waals surface area contributed by atoms with Crippen molar-refractivity contribution in [1.82, 2.24) is 9.88 Å². The molecule has 0 aliphatic carbocycles. The van der Waals surface area contributed by atoms with Crippen LogP contribution < -0.4 is 0 Å². The fraction of sp³-hybridized carbons (Fsp3) is 0.389. The molecule has 1 fully saturated rings. The number of aryl methyl sites for hydroxylation is 1. The number of nitrogens with zero attached hydrogens (tertiary/aromatic N) is 2. The second-order valence-corrected chi connectivity index (χ2v) is 7.30. The van der Waals surface area contributed by atoms with Crippen molar-refractivity contribution in [3.05, 3.63) is 40.9 Å². The number of carboxylic acids is 1. The SMILES string of the molecule is Cc1ccccc1-c1nc(C(=O)N2CC(C)CC(C(=O)O)C2)cs1. The van der Waals surface area contributed by atoms with Gasteiger partial charge in [0.1, 0.15) is 10.7 Å². The van der Waals surface area contributed by atoms with E-state index >= 15 is 0 Å². The standard InChI is InChI=1S/C18H20N2O3S/c1-11-7-13(18(22)23)9-20(8-11)17(21)15-10-24-16(19-15)14-6-4-3-5-12(14)2/h3-6,10-11,13H,7-9H2,1-2H3,(H,22,23). The van der Waals surface area contributed by atoms with Gasteiger partial charge in [0.05, 0.1) is 5.92 Å². The minimum atomic E-state index is -0.835. The van der Waals surface area contributed by atoms with Crippen LogP contribution >= 0.6 is 11.3 Å². The molecule has 0 bridgehead atoms. The second kappa shape index (κ2) is 6.73. The third-order valence-electron chi connectivity index (χ3n) is 4.39. The molecular weight excluding hydrogens is 324 g/mol. The molecule has 1 aromatic carbocycles. The van der Waals surface area contributed by atoms with Crippen molar-refractivity contribution in [1.29, 1.82) is 0 Å². The first-order valence-corrected chi connectivity index (χ1v) is 8.87. The molecular formula is C18H20N2O3S. The molecule has 2 heterocycles. The average Bonchev–Trinajstić information content (AvgIpc) is 3.03. The molecule has 2 atom stereocenters. The van der Waals surface area contributed by atoms with Gasteiger partial charge < -0.3 is 10.0 Å². The van der Waals surface area contributed by atoms with E-state index in [2.05, 4.69) is 4.98 Å². The first-order chi connectivity index (χ1) is 11.5. The molecule has 1 N–H and O–H groups in total. The summed E-state index contributed by atoms with van der Waals surface area (Å²) >= 11 is 1.44. The molecule has 0 spiro atoms. The lowest BCUT2D eigenvalue weighted by Crippen LogP contribution is -2.45. The number of aromatic nitrogens is 1. The Hall–Kier alpha value is -2.21. The predicted octanol–water partition coefficient (Wildman–Crippen LogP) is 3.30. The van der Waals surface area contributed by atoms with Crippen molar-refractivity contribution in [2.24, 2.45) is 11.8 Å². The van der Waals surface area contributed by atoms with E-state index in [1.807, 2.05) is 38.1 Å². The summed E-state index contributed by atoms with van der Waals surface area (Å²) in [4.78, 5) is 30.1. The molecule has 3 rings (SSSR count). The van der Waals surface area contributed by atoms with Crippen LogP contribution in [0.25, 0.3) is 10.6 Å². The van der Waals surface area contributed by atoms with Crippen molar-refractivity contribution in [3.63, 3.8) is 0 Å². The van der Waals surface area contributed by atoms with E-state index in [9.17, 15) is 14.7 Å². The van der Waals surface area contributed by atoms with Crippen LogP contribution in [0.15, 0.2) is 29.6 Å². The van der Waals surface area contributed by atoms with Crippen molar-refractivity contribution >= 4 is 23.2 Å². The van der Waals surface area contributed by atoms with Gasteiger partial charge in [0.25, 0.3) is 5.91 Å². The summed E-state index contributed by atoms with van der Waals surface area (Å²) < 4.78 is 0. The number of benzene rings is 1. The number of hydrogen-bond donors (Lipinski definition) is 1. The van der Waals surface area contributed by atoms with Crippen molar-refractivity contribution in [2.75, 3.05) is 13.1 Å². The molecule has 5 nitrogen and oxygen atoms in total. The Morgan fingerprint density at radius 3 is 2.75 bits per heavy atom. The fourth-order valence-corrected chi connectivity index (χ4v) is 4.05. The Bertz CT molecular complexity index is 771. The number of amides is 1. The first-order valence-electron chi connectivity index (χ1n) is 7.99. The quantitative estimate of drug-likeness (QED) is 0.927. The summed E-state index contributed by atoms with van der Waals surface area (Å²) in [6.45, 7) is 4.84. The molecule has 6 heteroatoms. The Morgan fingerprint density at radius 2 is 2.04 bits per heavy atom. The number of carboxylic acid groups (broad SMARTS) is 1. The molecule has 0 radical (unpaired) electrons. The number of hydrogen-bond acceptors (Lipinski definition) is 4. The molecule has 1 saturated heterocycles. The fourth-order valence-electron chi connectivity index (χ4n) is 3.17. The maximum atomic E-state index is 12.7. The smallest absolute Gasteiger partial charge is 0.308 e. The van der Waals surface area contributed by atoms with Crippen LogP contribution in [0, 0.1) is 18.8 Å². The number of carbonyl (C=O) groups excluding carboxylic acids is 1. The molecule has 2 unspecified atom stereocenters. The van der Waals surface area contributed by atoms with E-state index in [0.29, 0.717) is 18.7 Å². The minimum Gasteiger partial charge on any atom is -0.481 e. The van der Waals surface area contributed by atoms with Crippen molar-refractivity contribution in [3.8, 4) is 10.6 Å². The summed E-state index contributed by atoms with van der Waals surface area (Å²) in [5.74, 6) is -1.33. The normalized spacial score (nSPS) is 20.8. The lowest BCUT2D eigenvalue weighted by Gasteiger charge is -2.34. The van der Waals surface area contributed by atoms with Crippen LogP contribution in [0.1, 0.15) is 29.4 Å². The highest BCUT2D eigenvalue weighted by molar-refractivity contribution is 7.13. The zero-order valence-electron chi connectivity index (χ0n) is 13.7. The molecule has 24 heavy (non-hydrogen) atoms. The molecule has 1 aliphatic rings. The summed E-state index contributed by atoms with van der Waals surface area (Å²) in [6.07, 6.45) is 0.616. The lowest BCUT2D eigenvalue weighted by molar-refractivity contribution is -0.143. The third kappa shape index (κ3) is 3.33. The Kier molecular flexibility index (Phi) is 4.66. The maximum absolute atomic E-state index is 12.7. The van der Waals surface area contributed by atoms with E-state index < -0.39 is 11.9 Å². The average molecular weight is 344 g/mol. The van der Waals surface area contributed by atoms with E-state index in [0.717, 1.165) is 16.1 Å². The van der Waals surface area contributed by atoms with E-state index in [-0.39, 0.29) is 18.4 Å². The number of rotatable bonds is 3. The van der Waals surface area contributed by atoms with Gasteiger partial charge in [0.2, 0.25) is 0 Å². The monoisotopic (exact) mass is 344 g/mol. The van der Waals surface area contributed by atoms with Crippen LogP contribution in [0.3, 0.4) is 0 Å². The summed E-state index contributed by atoms with van der Waals surface area (Å²) in [5.41, 5.74) is 2.54. The van der Waals surface area contributed by atoms with Crippen molar-refractivity contribution in [2.45, 2.75) is 20.3 Å². The summed E-state index contributed by atoms with van der Waals surface area (Å²) in [5, 5.41) is 11.8. The Balaban J connectivity index is 1.81. The molecule has 1 amide bonds. The Morgan fingerprint density at radius 1 is 1.29 bits per heavy atom. The highest BCUT2D eigenvalue weighted by Gasteiger charge is 2.33. The lowest BCUT2D eigenvalue weighted by atomic mass is 9.90. The van der Waals surface area contributed by atoms with Crippen LogP contribution in [-0.2, 0) is 4.79 Å². The topological polar surface area (TPSA) is 70.5 Å². The van der Waals surface area contributed by atoms with Gasteiger partial charge in [-0.05, 0) is 24.8 Å². The first kappa shape index (κ1) is 16.6. The summed E-state index contributed by atoms with van der Waals surface area (Å²) in [7, 11) is 0. The Labute approximate surface area is 145 Å².